The van der Waals surface area contributed by atoms with Crippen LogP contribution in [0.25, 0.3) is 0 Å². The van der Waals surface area contributed by atoms with Crippen LogP contribution in [0, 0.1) is 5.82 Å². The van der Waals surface area contributed by atoms with Crippen molar-refractivity contribution in [2.75, 3.05) is 13.2 Å². The molecule has 0 saturated carbocycles. The summed E-state index contributed by atoms with van der Waals surface area (Å²) in [6, 6.07) is 3.98. The van der Waals surface area contributed by atoms with Crippen molar-refractivity contribution in [1.82, 2.24) is 5.43 Å². The Labute approximate surface area is 104 Å². The predicted octanol–water partition coefficient (Wildman–Crippen LogP) is 0.427. The fourth-order valence-electron chi connectivity index (χ4n) is 2.06. The summed E-state index contributed by atoms with van der Waals surface area (Å²) < 4.78 is 18.7. The van der Waals surface area contributed by atoms with Gasteiger partial charge in [-0.3, -0.25) is 10.2 Å². The highest BCUT2D eigenvalue weighted by Crippen LogP contribution is 2.32. The molecular formula is C12H15FN2O3. The lowest BCUT2D eigenvalue weighted by Gasteiger charge is -2.32. The first-order valence-corrected chi connectivity index (χ1v) is 5.68. The van der Waals surface area contributed by atoms with Crippen molar-refractivity contribution >= 4 is 5.91 Å². The van der Waals surface area contributed by atoms with Gasteiger partial charge in [-0.1, -0.05) is 6.07 Å². The van der Waals surface area contributed by atoms with Crippen LogP contribution >= 0.6 is 0 Å². The quantitative estimate of drug-likeness (QED) is 0.406. The van der Waals surface area contributed by atoms with Crippen molar-refractivity contribution in [3.05, 3.63) is 35.1 Å². The molecular weight excluding hydrogens is 239 g/mol. The first kappa shape index (κ1) is 12.9. The van der Waals surface area contributed by atoms with Gasteiger partial charge in [0.25, 0.3) is 5.91 Å². The third-order valence-corrected chi connectivity index (χ3v) is 3.20. The number of aliphatic hydroxyl groups is 1. The van der Waals surface area contributed by atoms with Crippen LogP contribution in [-0.4, -0.2) is 24.2 Å². The number of benzene rings is 1. The van der Waals surface area contributed by atoms with E-state index in [1.165, 1.54) is 12.1 Å². The molecule has 98 valence electrons. The van der Waals surface area contributed by atoms with Crippen LogP contribution in [-0.2, 0) is 10.3 Å². The lowest BCUT2D eigenvalue weighted by molar-refractivity contribution is -0.0679. The number of amides is 1. The number of rotatable bonds is 2. The lowest BCUT2D eigenvalue weighted by atomic mass is 9.85. The van der Waals surface area contributed by atoms with Crippen LogP contribution in [0.15, 0.2) is 18.2 Å². The Balaban J connectivity index is 2.37. The van der Waals surface area contributed by atoms with Crippen LogP contribution in [0.2, 0.25) is 0 Å². The number of carbonyl (C=O) groups excluding carboxylic acids is 1. The standard InChI is InChI=1S/C12H15FN2O3/c13-10-2-1-8(7-9(10)11(16)15-14)12(17)3-5-18-6-4-12/h1-2,7,17H,3-6,14H2,(H,15,16). The Morgan fingerprint density at radius 2 is 2.11 bits per heavy atom. The summed E-state index contributed by atoms with van der Waals surface area (Å²) in [4.78, 5) is 11.4. The summed E-state index contributed by atoms with van der Waals surface area (Å²) in [7, 11) is 0. The van der Waals surface area contributed by atoms with Crippen LogP contribution < -0.4 is 11.3 Å². The van der Waals surface area contributed by atoms with Crippen LogP contribution in [0.4, 0.5) is 4.39 Å². The molecule has 1 aliphatic rings. The van der Waals surface area contributed by atoms with E-state index >= 15 is 0 Å². The molecule has 4 N–H and O–H groups in total. The molecule has 0 unspecified atom stereocenters. The zero-order valence-electron chi connectivity index (χ0n) is 9.78. The number of hydrazine groups is 1. The first-order chi connectivity index (χ1) is 8.57. The third-order valence-electron chi connectivity index (χ3n) is 3.20. The number of hydrogen-bond acceptors (Lipinski definition) is 4. The largest absolute Gasteiger partial charge is 0.385 e. The second-order valence-electron chi connectivity index (χ2n) is 4.31. The van der Waals surface area contributed by atoms with Crippen molar-refractivity contribution in [1.29, 1.82) is 0 Å². The molecule has 1 fully saturated rings. The average Bonchev–Trinajstić information content (AvgIpc) is 2.39. The molecule has 0 aromatic heterocycles. The lowest BCUT2D eigenvalue weighted by Crippen LogP contribution is -2.35. The molecule has 5 nitrogen and oxygen atoms in total. The van der Waals surface area contributed by atoms with Gasteiger partial charge in [-0.2, -0.15) is 0 Å². The van der Waals surface area contributed by atoms with Crippen molar-refractivity contribution in [2.24, 2.45) is 5.84 Å². The normalized spacial score (nSPS) is 18.4. The van der Waals surface area contributed by atoms with Gasteiger partial charge in [0.1, 0.15) is 5.82 Å². The van der Waals surface area contributed by atoms with Gasteiger partial charge in [0.2, 0.25) is 0 Å². The molecule has 2 rings (SSSR count). The average molecular weight is 254 g/mol. The Bertz CT molecular complexity index is 459. The van der Waals surface area contributed by atoms with E-state index in [4.69, 9.17) is 10.6 Å². The van der Waals surface area contributed by atoms with Crippen LogP contribution in [0.1, 0.15) is 28.8 Å². The van der Waals surface area contributed by atoms with Gasteiger partial charge < -0.3 is 9.84 Å². The van der Waals surface area contributed by atoms with Crippen LogP contribution in [0.5, 0.6) is 0 Å². The minimum Gasteiger partial charge on any atom is -0.385 e. The van der Waals surface area contributed by atoms with E-state index in [1.807, 2.05) is 5.43 Å². The molecule has 1 amide bonds. The summed E-state index contributed by atoms with van der Waals surface area (Å²) in [5.41, 5.74) is 1.14. The molecule has 1 aliphatic heterocycles. The van der Waals surface area contributed by atoms with E-state index in [0.717, 1.165) is 6.07 Å². The van der Waals surface area contributed by atoms with Gasteiger partial charge in [-0.25, -0.2) is 10.2 Å². The van der Waals surface area contributed by atoms with Crippen molar-refractivity contribution in [2.45, 2.75) is 18.4 Å². The molecule has 0 aliphatic carbocycles. The maximum absolute atomic E-state index is 13.5. The van der Waals surface area contributed by atoms with E-state index in [1.54, 1.807) is 0 Å². The highest BCUT2D eigenvalue weighted by atomic mass is 19.1. The monoisotopic (exact) mass is 254 g/mol. The summed E-state index contributed by atoms with van der Waals surface area (Å²) in [6.07, 6.45) is 0.838. The summed E-state index contributed by atoms with van der Waals surface area (Å²) >= 11 is 0. The predicted molar refractivity (Wildman–Crippen MR) is 62.0 cm³/mol. The van der Waals surface area contributed by atoms with Gasteiger partial charge >= 0.3 is 0 Å². The Hall–Kier alpha value is -1.50. The molecule has 1 saturated heterocycles. The van der Waals surface area contributed by atoms with Gasteiger partial charge in [0.05, 0.1) is 11.2 Å². The zero-order valence-corrected chi connectivity index (χ0v) is 9.78. The molecule has 0 bridgehead atoms. The first-order valence-electron chi connectivity index (χ1n) is 5.68. The molecule has 1 aromatic rings. The van der Waals surface area contributed by atoms with E-state index in [-0.39, 0.29) is 5.56 Å². The molecule has 18 heavy (non-hydrogen) atoms. The Kier molecular flexibility index (Phi) is 3.60. The molecule has 0 spiro atoms. The van der Waals surface area contributed by atoms with Crippen LogP contribution in [0.3, 0.4) is 0 Å². The highest BCUT2D eigenvalue weighted by Gasteiger charge is 2.32. The van der Waals surface area contributed by atoms with E-state index in [9.17, 15) is 14.3 Å². The molecule has 0 atom stereocenters. The Morgan fingerprint density at radius 3 is 2.72 bits per heavy atom. The minimum atomic E-state index is -1.07. The zero-order chi connectivity index (χ0) is 13.2. The number of hydrogen-bond donors (Lipinski definition) is 3. The SMILES string of the molecule is NNC(=O)c1cc(C2(O)CCOCC2)ccc1F. The van der Waals surface area contributed by atoms with E-state index in [0.29, 0.717) is 31.6 Å². The maximum atomic E-state index is 13.5. The Morgan fingerprint density at radius 1 is 1.44 bits per heavy atom. The smallest absolute Gasteiger partial charge is 0.268 e. The molecule has 6 heteroatoms. The fraction of sp³-hybridized carbons (Fsp3) is 0.417. The fourth-order valence-corrected chi connectivity index (χ4v) is 2.06. The van der Waals surface area contributed by atoms with Gasteiger partial charge in [-0.15, -0.1) is 0 Å². The van der Waals surface area contributed by atoms with Gasteiger partial charge in [-0.05, 0) is 17.7 Å². The number of carbonyl (C=O) groups is 1. The van der Waals surface area contributed by atoms with Crippen molar-refractivity contribution in [3.8, 4) is 0 Å². The number of nitrogens with two attached hydrogens (primary N) is 1. The number of nitrogen functional groups attached to an aromatic ring is 1. The van der Waals surface area contributed by atoms with E-state index in [2.05, 4.69) is 0 Å². The molecule has 0 radical (unpaired) electrons. The molecule has 1 heterocycles. The second-order valence-corrected chi connectivity index (χ2v) is 4.31. The summed E-state index contributed by atoms with van der Waals surface area (Å²) in [5.74, 6) is 3.60. The summed E-state index contributed by atoms with van der Waals surface area (Å²) in [6.45, 7) is 0.874. The van der Waals surface area contributed by atoms with Gasteiger partial charge in [0, 0.05) is 26.1 Å². The number of nitrogens with one attached hydrogen (secondary N) is 1. The molecule has 1 aromatic carbocycles. The highest BCUT2D eigenvalue weighted by molar-refractivity contribution is 5.94. The topological polar surface area (TPSA) is 84.6 Å². The number of halogens is 1. The number of ether oxygens (including phenoxy) is 1. The minimum absolute atomic E-state index is 0.171. The van der Waals surface area contributed by atoms with E-state index < -0.39 is 17.3 Å². The van der Waals surface area contributed by atoms with Crippen molar-refractivity contribution in [3.63, 3.8) is 0 Å². The van der Waals surface area contributed by atoms with Gasteiger partial charge in [0.15, 0.2) is 0 Å². The second kappa shape index (κ2) is 5.01. The summed E-state index contributed by atoms with van der Waals surface area (Å²) in [5, 5.41) is 10.4. The maximum Gasteiger partial charge on any atom is 0.268 e. The van der Waals surface area contributed by atoms with Crippen molar-refractivity contribution < 1.29 is 19.0 Å². The third kappa shape index (κ3) is 2.35.